The van der Waals surface area contributed by atoms with Gasteiger partial charge in [0.15, 0.2) is 5.82 Å². The number of anilines is 4. The molecule has 0 fully saturated rings. The summed E-state index contributed by atoms with van der Waals surface area (Å²) in [5, 5.41) is 14.5. The zero-order valence-electron chi connectivity index (χ0n) is 15.5. The van der Waals surface area contributed by atoms with Gasteiger partial charge in [-0.2, -0.15) is 10.1 Å². The van der Waals surface area contributed by atoms with Crippen LogP contribution in [0.5, 0.6) is 0 Å². The average Bonchev–Trinajstić information content (AvgIpc) is 2.69. The molecule has 1 aromatic heterocycles. The topological polar surface area (TPSA) is 89.0 Å². The van der Waals surface area contributed by atoms with Crippen LogP contribution in [0.2, 0.25) is 0 Å². The first kappa shape index (κ1) is 18.3. The highest BCUT2D eigenvalue weighted by Crippen LogP contribution is 2.24. The third-order valence-electron chi connectivity index (χ3n) is 4.09. The van der Waals surface area contributed by atoms with Crippen molar-refractivity contribution in [1.29, 1.82) is 0 Å². The molecular formula is C20H21N5O2. The number of carbonyl (C=O) groups is 1. The van der Waals surface area contributed by atoms with Crippen molar-refractivity contribution in [2.24, 2.45) is 0 Å². The Morgan fingerprint density at radius 2 is 1.96 bits per heavy atom. The second-order valence-corrected chi connectivity index (χ2v) is 5.95. The first-order valence-corrected chi connectivity index (χ1v) is 8.61. The van der Waals surface area contributed by atoms with Gasteiger partial charge in [0.2, 0.25) is 5.95 Å². The van der Waals surface area contributed by atoms with E-state index in [4.69, 9.17) is 4.74 Å². The minimum Gasteiger partial charge on any atom is -0.465 e. The Hall–Kier alpha value is -3.48. The lowest BCUT2D eigenvalue weighted by atomic mass is 10.1. The number of rotatable bonds is 6. The summed E-state index contributed by atoms with van der Waals surface area (Å²) in [5.74, 6) is 0.516. The molecule has 3 aromatic rings. The summed E-state index contributed by atoms with van der Waals surface area (Å²) >= 11 is 0. The number of carbonyl (C=O) groups excluding carboxylic acids is 1. The van der Waals surface area contributed by atoms with Gasteiger partial charge >= 0.3 is 5.97 Å². The molecule has 0 amide bonds. The van der Waals surface area contributed by atoms with Crippen molar-refractivity contribution in [3.63, 3.8) is 0 Å². The van der Waals surface area contributed by atoms with Crippen molar-refractivity contribution >= 4 is 29.1 Å². The highest BCUT2D eigenvalue weighted by molar-refractivity contribution is 5.90. The molecule has 0 aliphatic carbocycles. The average molecular weight is 363 g/mol. The number of nitrogens with zero attached hydrogens (tertiary/aromatic N) is 3. The summed E-state index contributed by atoms with van der Waals surface area (Å²) < 4.78 is 4.75. The molecule has 2 aromatic carbocycles. The van der Waals surface area contributed by atoms with Crippen molar-refractivity contribution in [2.75, 3.05) is 17.7 Å². The number of ether oxygens (including phenoxy) is 1. The van der Waals surface area contributed by atoms with Crippen LogP contribution in [0.3, 0.4) is 0 Å². The largest absolute Gasteiger partial charge is 0.465 e. The Bertz CT molecular complexity index is 959. The van der Waals surface area contributed by atoms with Crippen LogP contribution in [0.15, 0.2) is 48.7 Å². The van der Waals surface area contributed by atoms with E-state index in [0.717, 1.165) is 17.7 Å². The van der Waals surface area contributed by atoms with Crippen LogP contribution in [-0.4, -0.2) is 28.3 Å². The van der Waals surface area contributed by atoms with Crippen LogP contribution in [0, 0.1) is 6.92 Å². The number of hydrogen-bond donors (Lipinski definition) is 2. The van der Waals surface area contributed by atoms with Gasteiger partial charge in [-0.3, -0.25) is 0 Å². The Morgan fingerprint density at radius 3 is 2.74 bits per heavy atom. The fourth-order valence-corrected chi connectivity index (χ4v) is 2.72. The number of aryl methyl sites for hydroxylation is 2. The van der Waals surface area contributed by atoms with E-state index in [0.29, 0.717) is 23.0 Å². The summed E-state index contributed by atoms with van der Waals surface area (Å²) in [5.41, 5.74) is 4.45. The highest BCUT2D eigenvalue weighted by Gasteiger charge is 2.09. The number of methoxy groups -OCH3 is 1. The van der Waals surface area contributed by atoms with Crippen LogP contribution in [-0.2, 0) is 11.2 Å². The van der Waals surface area contributed by atoms with Gasteiger partial charge in [0.1, 0.15) is 0 Å². The number of hydrogen-bond acceptors (Lipinski definition) is 7. The molecule has 0 spiro atoms. The van der Waals surface area contributed by atoms with Gasteiger partial charge < -0.3 is 15.4 Å². The minimum absolute atomic E-state index is 0.395. The number of para-hydroxylation sites is 1. The minimum atomic E-state index is -0.395. The van der Waals surface area contributed by atoms with Crippen molar-refractivity contribution in [1.82, 2.24) is 15.2 Å². The zero-order chi connectivity index (χ0) is 19.2. The zero-order valence-corrected chi connectivity index (χ0v) is 15.5. The molecule has 0 unspecified atom stereocenters. The summed E-state index contributed by atoms with van der Waals surface area (Å²) in [7, 11) is 1.35. The first-order valence-electron chi connectivity index (χ1n) is 8.61. The third kappa shape index (κ3) is 4.38. The fraction of sp³-hybridized carbons (Fsp3) is 0.200. The quantitative estimate of drug-likeness (QED) is 0.639. The lowest BCUT2D eigenvalue weighted by Gasteiger charge is -2.13. The molecule has 3 rings (SSSR count). The maximum atomic E-state index is 11.7. The van der Waals surface area contributed by atoms with Gasteiger partial charge in [0.05, 0.1) is 18.9 Å². The van der Waals surface area contributed by atoms with E-state index < -0.39 is 5.97 Å². The molecule has 0 radical (unpaired) electrons. The van der Waals surface area contributed by atoms with Gasteiger partial charge in [0, 0.05) is 11.4 Å². The predicted octanol–water partition coefficient (Wildman–Crippen LogP) is 4.02. The predicted molar refractivity (Wildman–Crippen MR) is 105 cm³/mol. The Balaban J connectivity index is 1.82. The number of esters is 1. The Morgan fingerprint density at radius 1 is 1.15 bits per heavy atom. The molecule has 7 heteroatoms. The van der Waals surface area contributed by atoms with Crippen molar-refractivity contribution in [2.45, 2.75) is 20.3 Å². The standard InChI is InChI=1S/C20H21N5O2/c1-4-14-8-5-7-13(2)18(14)24-20-23-17(12-21-25-20)22-16-10-6-9-15(11-16)19(26)27-3/h5-12H,4H2,1-3H3,(H2,22,23,24,25). The Labute approximate surface area is 157 Å². The Kier molecular flexibility index (Phi) is 5.61. The van der Waals surface area contributed by atoms with Gasteiger partial charge in [0.25, 0.3) is 0 Å². The van der Waals surface area contributed by atoms with E-state index in [1.54, 1.807) is 18.2 Å². The second kappa shape index (κ2) is 8.27. The third-order valence-corrected chi connectivity index (χ3v) is 4.09. The van der Waals surface area contributed by atoms with Gasteiger partial charge in [-0.05, 0) is 42.7 Å². The molecule has 27 heavy (non-hydrogen) atoms. The molecular weight excluding hydrogens is 342 g/mol. The molecule has 0 aliphatic rings. The van der Waals surface area contributed by atoms with E-state index in [1.807, 2.05) is 25.1 Å². The molecule has 138 valence electrons. The summed E-state index contributed by atoms with van der Waals surface area (Å²) in [6, 6.07) is 13.1. The lowest BCUT2D eigenvalue weighted by Crippen LogP contribution is -2.05. The number of benzene rings is 2. The highest BCUT2D eigenvalue weighted by atomic mass is 16.5. The second-order valence-electron chi connectivity index (χ2n) is 5.95. The molecule has 0 aliphatic heterocycles. The monoisotopic (exact) mass is 363 g/mol. The maximum absolute atomic E-state index is 11.7. The van der Waals surface area contributed by atoms with E-state index in [-0.39, 0.29) is 0 Å². The molecule has 0 saturated carbocycles. The normalized spacial score (nSPS) is 10.3. The van der Waals surface area contributed by atoms with Crippen LogP contribution in [0.4, 0.5) is 23.1 Å². The molecule has 2 N–H and O–H groups in total. The number of aromatic nitrogens is 3. The van der Waals surface area contributed by atoms with E-state index in [2.05, 4.69) is 38.8 Å². The molecule has 1 heterocycles. The summed E-state index contributed by atoms with van der Waals surface area (Å²) in [6.45, 7) is 4.14. The van der Waals surface area contributed by atoms with Crippen LogP contribution < -0.4 is 10.6 Å². The fourth-order valence-electron chi connectivity index (χ4n) is 2.72. The van der Waals surface area contributed by atoms with Gasteiger partial charge in [-0.1, -0.05) is 31.2 Å². The van der Waals surface area contributed by atoms with Crippen molar-refractivity contribution < 1.29 is 9.53 Å². The molecule has 0 atom stereocenters. The lowest BCUT2D eigenvalue weighted by molar-refractivity contribution is 0.0601. The smallest absolute Gasteiger partial charge is 0.337 e. The SMILES string of the molecule is CCc1cccc(C)c1Nc1nncc(Nc2cccc(C(=O)OC)c2)n1. The summed E-state index contributed by atoms with van der Waals surface area (Å²) in [4.78, 5) is 16.1. The molecule has 0 bridgehead atoms. The van der Waals surface area contributed by atoms with Crippen molar-refractivity contribution in [3.05, 3.63) is 65.4 Å². The van der Waals surface area contributed by atoms with E-state index in [9.17, 15) is 4.79 Å². The summed E-state index contributed by atoms with van der Waals surface area (Å²) in [6.07, 6.45) is 2.42. The number of nitrogens with one attached hydrogen (secondary N) is 2. The van der Waals surface area contributed by atoms with Crippen LogP contribution in [0.1, 0.15) is 28.4 Å². The van der Waals surface area contributed by atoms with Crippen molar-refractivity contribution in [3.8, 4) is 0 Å². The van der Waals surface area contributed by atoms with E-state index in [1.165, 1.54) is 18.9 Å². The molecule has 7 nitrogen and oxygen atoms in total. The van der Waals surface area contributed by atoms with Crippen LogP contribution >= 0.6 is 0 Å². The maximum Gasteiger partial charge on any atom is 0.337 e. The van der Waals surface area contributed by atoms with Gasteiger partial charge in [-0.15, -0.1) is 5.10 Å². The molecule has 0 saturated heterocycles. The first-order chi connectivity index (χ1) is 13.1. The van der Waals surface area contributed by atoms with Gasteiger partial charge in [-0.25, -0.2) is 4.79 Å². The van der Waals surface area contributed by atoms with E-state index >= 15 is 0 Å². The van der Waals surface area contributed by atoms with Crippen LogP contribution in [0.25, 0.3) is 0 Å².